The van der Waals surface area contributed by atoms with Crippen LogP contribution >= 0.6 is 0 Å². The molecule has 0 aliphatic heterocycles. The molecule has 0 atom stereocenters. The summed E-state index contributed by atoms with van der Waals surface area (Å²) in [5, 5.41) is 8.87. The normalized spacial score (nSPS) is 9.60. The van der Waals surface area contributed by atoms with E-state index in [0.717, 1.165) is 5.56 Å². The van der Waals surface area contributed by atoms with E-state index >= 15 is 0 Å². The summed E-state index contributed by atoms with van der Waals surface area (Å²) in [7, 11) is 0. The number of pyridine rings is 1. The third-order valence-corrected chi connectivity index (χ3v) is 1.94. The van der Waals surface area contributed by atoms with Crippen LogP contribution in [0.4, 0.5) is 0 Å². The van der Waals surface area contributed by atoms with E-state index in [1.54, 1.807) is 30.7 Å². The lowest BCUT2D eigenvalue weighted by Gasteiger charge is -2.00. The smallest absolute Gasteiger partial charge is 0.162 e. The molecule has 0 saturated heterocycles. The van der Waals surface area contributed by atoms with E-state index in [4.69, 9.17) is 5.26 Å². The van der Waals surface area contributed by atoms with Gasteiger partial charge in [0, 0.05) is 18.6 Å². The van der Waals surface area contributed by atoms with E-state index in [-0.39, 0.29) is 0 Å². The van der Waals surface area contributed by atoms with Crippen LogP contribution in [0.1, 0.15) is 11.3 Å². The van der Waals surface area contributed by atoms with Gasteiger partial charge in [0.15, 0.2) is 11.5 Å². The Morgan fingerprint density at radius 3 is 2.60 bits per heavy atom. The van der Waals surface area contributed by atoms with Gasteiger partial charge in [0.1, 0.15) is 6.07 Å². The number of hydrogen-bond donors (Lipinski definition) is 0. The first-order chi connectivity index (χ1) is 7.31. The zero-order chi connectivity index (χ0) is 10.7. The number of hydrogen-bond acceptors (Lipinski definition) is 4. The van der Waals surface area contributed by atoms with Crippen LogP contribution in [0.2, 0.25) is 0 Å². The number of rotatable bonds is 1. The minimum Gasteiger partial charge on any atom is -0.245 e. The molecule has 4 nitrogen and oxygen atoms in total. The lowest BCUT2D eigenvalue weighted by atomic mass is 10.2. The molecule has 72 valence electrons. The van der Waals surface area contributed by atoms with Crippen molar-refractivity contribution in [1.82, 2.24) is 15.0 Å². The highest BCUT2D eigenvalue weighted by molar-refractivity contribution is 5.61. The molecule has 0 saturated carbocycles. The Labute approximate surface area is 87.3 Å². The highest BCUT2D eigenvalue weighted by Gasteiger charge is 2.06. The van der Waals surface area contributed by atoms with Crippen molar-refractivity contribution in [2.75, 3.05) is 0 Å². The zero-order valence-corrected chi connectivity index (χ0v) is 8.18. The van der Waals surface area contributed by atoms with Gasteiger partial charge in [-0.15, -0.1) is 0 Å². The van der Waals surface area contributed by atoms with Crippen LogP contribution in [0.15, 0.2) is 30.7 Å². The maximum absolute atomic E-state index is 8.87. The van der Waals surface area contributed by atoms with E-state index in [1.165, 1.54) is 0 Å². The fourth-order valence-electron chi connectivity index (χ4n) is 1.21. The predicted octanol–water partition coefficient (Wildman–Crippen LogP) is 1.72. The molecular formula is C11H8N4. The van der Waals surface area contributed by atoms with E-state index < -0.39 is 0 Å². The van der Waals surface area contributed by atoms with Gasteiger partial charge in [-0.05, 0) is 24.6 Å². The fraction of sp³-hybridized carbons (Fsp3) is 0.0909. The molecule has 0 amide bonds. The average molecular weight is 196 g/mol. The van der Waals surface area contributed by atoms with Gasteiger partial charge in [-0.2, -0.15) is 5.26 Å². The molecule has 0 aliphatic carbocycles. The molecule has 0 bridgehead atoms. The monoisotopic (exact) mass is 196 g/mol. The Bertz CT molecular complexity index is 511. The van der Waals surface area contributed by atoms with Crippen LogP contribution in [0.25, 0.3) is 11.4 Å². The summed E-state index contributed by atoms with van der Waals surface area (Å²) in [6.45, 7) is 1.91. The summed E-state index contributed by atoms with van der Waals surface area (Å²) in [6, 6.07) is 5.57. The van der Waals surface area contributed by atoms with Crippen LogP contribution in [0.5, 0.6) is 0 Å². The third-order valence-electron chi connectivity index (χ3n) is 1.94. The summed E-state index contributed by atoms with van der Waals surface area (Å²) < 4.78 is 0. The maximum atomic E-state index is 8.87. The Morgan fingerprint density at radius 1 is 1.20 bits per heavy atom. The van der Waals surface area contributed by atoms with Gasteiger partial charge in [-0.3, -0.25) is 0 Å². The highest BCUT2D eigenvalue weighted by atomic mass is 14.9. The van der Waals surface area contributed by atoms with Gasteiger partial charge in [0.05, 0.1) is 5.56 Å². The van der Waals surface area contributed by atoms with E-state index in [9.17, 15) is 0 Å². The standard InChI is InChI=1S/C11H8N4/c1-8-6-14-11(15-7-8)9-3-2-4-13-10(9)5-12/h2-4,6-7H,1H3. The number of aryl methyl sites for hydroxylation is 1. The van der Waals surface area contributed by atoms with Crippen molar-refractivity contribution in [3.63, 3.8) is 0 Å². The summed E-state index contributed by atoms with van der Waals surface area (Å²) in [5.41, 5.74) is 2.00. The molecule has 15 heavy (non-hydrogen) atoms. The fourth-order valence-corrected chi connectivity index (χ4v) is 1.21. The van der Waals surface area contributed by atoms with Gasteiger partial charge in [-0.25, -0.2) is 15.0 Å². The maximum Gasteiger partial charge on any atom is 0.162 e. The first-order valence-electron chi connectivity index (χ1n) is 4.45. The van der Waals surface area contributed by atoms with Crippen molar-refractivity contribution in [3.05, 3.63) is 42.0 Å². The first-order valence-corrected chi connectivity index (χ1v) is 4.45. The van der Waals surface area contributed by atoms with Gasteiger partial charge in [-0.1, -0.05) is 0 Å². The average Bonchev–Trinajstić information content (AvgIpc) is 2.30. The van der Waals surface area contributed by atoms with E-state index in [2.05, 4.69) is 15.0 Å². The molecule has 0 N–H and O–H groups in total. The predicted molar refractivity (Wildman–Crippen MR) is 54.7 cm³/mol. The lowest BCUT2D eigenvalue weighted by molar-refractivity contribution is 1.12. The van der Waals surface area contributed by atoms with E-state index in [0.29, 0.717) is 17.1 Å². The second-order valence-electron chi connectivity index (χ2n) is 3.10. The number of nitriles is 1. The molecule has 0 aliphatic rings. The van der Waals surface area contributed by atoms with Crippen molar-refractivity contribution in [2.45, 2.75) is 6.92 Å². The quantitative estimate of drug-likeness (QED) is 0.696. The topological polar surface area (TPSA) is 62.5 Å². The van der Waals surface area contributed by atoms with Crippen molar-refractivity contribution < 1.29 is 0 Å². The minimum atomic E-state index is 0.348. The summed E-state index contributed by atoms with van der Waals surface area (Å²) in [6.07, 6.45) is 5.02. The Morgan fingerprint density at radius 2 is 1.93 bits per heavy atom. The molecule has 4 heteroatoms. The lowest BCUT2D eigenvalue weighted by Crippen LogP contribution is -1.93. The van der Waals surface area contributed by atoms with Gasteiger partial charge >= 0.3 is 0 Å². The molecule has 2 rings (SSSR count). The van der Waals surface area contributed by atoms with Gasteiger partial charge in [0.2, 0.25) is 0 Å². The second-order valence-corrected chi connectivity index (χ2v) is 3.10. The molecule has 0 radical (unpaired) electrons. The molecule has 0 spiro atoms. The Hall–Kier alpha value is -2.28. The van der Waals surface area contributed by atoms with Crippen LogP contribution < -0.4 is 0 Å². The van der Waals surface area contributed by atoms with Gasteiger partial charge in [0.25, 0.3) is 0 Å². The van der Waals surface area contributed by atoms with Crippen molar-refractivity contribution in [2.24, 2.45) is 0 Å². The largest absolute Gasteiger partial charge is 0.245 e. The Kier molecular flexibility index (Phi) is 2.38. The summed E-state index contributed by atoms with van der Waals surface area (Å²) >= 11 is 0. The molecular weight excluding hydrogens is 188 g/mol. The number of nitrogens with zero attached hydrogens (tertiary/aromatic N) is 4. The first kappa shape index (κ1) is 9.28. The van der Waals surface area contributed by atoms with E-state index in [1.807, 2.05) is 13.0 Å². The third kappa shape index (κ3) is 1.81. The summed E-state index contributed by atoms with van der Waals surface area (Å²) in [5.74, 6) is 0.533. The van der Waals surface area contributed by atoms with Crippen molar-refractivity contribution >= 4 is 0 Å². The SMILES string of the molecule is Cc1cnc(-c2cccnc2C#N)nc1. The Balaban J connectivity index is 2.55. The van der Waals surface area contributed by atoms with Crippen molar-refractivity contribution in [3.8, 4) is 17.5 Å². The molecule has 0 aromatic carbocycles. The van der Waals surface area contributed by atoms with Gasteiger partial charge < -0.3 is 0 Å². The van der Waals surface area contributed by atoms with Crippen LogP contribution in [-0.4, -0.2) is 15.0 Å². The molecule has 2 aromatic heterocycles. The highest BCUT2D eigenvalue weighted by Crippen LogP contribution is 2.16. The minimum absolute atomic E-state index is 0.348. The van der Waals surface area contributed by atoms with Crippen LogP contribution in [-0.2, 0) is 0 Å². The molecule has 0 fully saturated rings. The zero-order valence-electron chi connectivity index (χ0n) is 8.18. The molecule has 0 unspecified atom stereocenters. The molecule has 2 heterocycles. The second kappa shape index (κ2) is 3.84. The van der Waals surface area contributed by atoms with Crippen LogP contribution in [0.3, 0.4) is 0 Å². The van der Waals surface area contributed by atoms with Crippen LogP contribution in [0, 0.1) is 18.3 Å². The molecule has 2 aromatic rings. The number of aromatic nitrogens is 3. The van der Waals surface area contributed by atoms with Crippen molar-refractivity contribution in [1.29, 1.82) is 5.26 Å². The summed E-state index contributed by atoms with van der Waals surface area (Å²) in [4.78, 5) is 12.3.